The van der Waals surface area contributed by atoms with Gasteiger partial charge in [-0.05, 0) is 36.2 Å². The van der Waals surface area contributed by atoms with Crippen LogP contribution in [0.15, 0.2) is 67.3 Å². The van der Waals surface area contributed by atoms with E-state index in [1.807, 2.05) is 60.2 Å². The topological polar surface area (TPSA) is 53.4 Å². The second-order valence-corrected chi connectivity index (χ2v) is 5.09. The lowest BCUT2D eigenvalue weighted by Gasteiger charge is -2.08. The summed E-state index contributed by atoms with van der Waals surface area (Å²) in [4.78, 5) is 26.0. The molecule has 0 saturated heterocycles. The summed E-state index contributed by atoms with van der Waals surface area (Å²) in [6, 6.07) is 15.0. The highest BCUT2D eigenvalue weighted by Crippen LogP contribution is 2.16. The van der Waals surface area contributed by atoms with Crippen LogP contribution in [-0.4, -0.2) is 15.5 Å². The number of carbonyl (C=O) groups excluding carboxylic acids is 1. The Bertz CT molecular complexity index is 783. The van der Waals surface area contributed by atoms with Crippen LogP contribution in [0.1, 0.15) is 21.5 Å². The first-order valence-electron chi connectivity index (χ1n) is 7.21. The van der Waals surface area contributed by atoms with E-state index in [0.717, 1.165) is 16.8 Å². The van der Waals surface area contributed by atoms with Gasteiger partial charge in [-0.15, -0.1) is 0 Å². The van der Waals surface area contributed by atoms with Gasteiger partial charge in [-0.1, -0.05) is 30.3 Å². The van der Waals surface area contributed by atoms with Gasteiger partial charge in [0.25, 0.3) is 0 Å². The molecule has 0 aliphatic rings. The van der Waals surface area contributed by atoms with Crippen molar-refractivity contribution in [2.24, 2.45) is 0 Å². The molecule has 0 spiro atoms. The average molecular weight is 308 g/mol. The van der Waals surface area contributed by atoms with Gasteiger partial charge in [-0.3, -0.25) is 4.89 Å². The number of nitrogens with zero attached hydrogens (tertiary/aromatic N) is 2. The van der Waals surface area contributed by atoms with Crippen molar-refractivity contribution in [1.29, 1.82) is 0 Å². The normalized spacial score (nSPS) is 10.5. The van der Waals surface area contributed by atoms with Gasteiger partial charge in [0.1, 0.15) is 6.61 Å². The van der Waals surface area contributed by atoms with Crippen LogP contribution in [0.5, 0.6) is 0 Å². The van der Waals surface area contributed by atoms with E-state index in [0.29, 0.717) is 5.56 Å². The predicted molar refractivity (Wildman–Crippen MR) is 84.9 cm³/mol. The smallest absolute Gasteiger partial charge is 0.306 e. The van der Waals surface area contributed by atoms with E-state index in [2.05, 4.69) is 4.98 Å². The molecule has 0 atom stereocenters. The summed E-state index contributed by atoms with van der Waals surface area (Å²) in [6.45, 7) is 2.08. The van der Waals surface area contributed by atoms with E-state index >= 15 is 0 Å². The van der Waals surface area contributed by atoms with E-state index in [1.54, 1.807) is 18.6 Å². The Labute approximate surface area is 134 Å². The Morgan fingerprint density at radius 3 is 2.70 bits per heavy atom. The number of hydrogen-bond acceptors (Lipinski definition) is 4. The fourth-order valence-electron chi connectivity index (χ4n) is 2.22. The van der Waals surface area contributed by atoms with Crippen LogP contribution in [0.3, 0.4) is 0 Å². The third-order valence-corrected chi connectivity index (χ3v) is 3.44. The van der Waals surface area contributed by atoms with Crippen molar-refractivity contribution in [2.75, 3.05) is 0 Å². The number of carbonyl (C=O) groups is 1. The summed E-state index contributed by atoms with van der Waals surface area (Å²) >= 11 is 0. The molecule has 1 heterocycles. The zero-order valence-electron chi connectivity index (χ0n) is 12.7. The van der Waals surface area contributed by atoms with Crippen LogP contribution in [0.25, 0.3) is 5.69 Å². The SMILES string of the molecule is Cc1cc(-n2ccnc2)ccc1C(=O)OOCc1ccccc1. The molecular weight excluding hydrogens is 292 g/mol. The molecule has 3 rings (SSSR count). The third kappa shape index (κ3) is 3.64. The van der Waals surface area contributed by atoms with Gasteiger partial charge < -0.3 is 4.57 Å². The molecule has 5 nitrogen and oxygen atoms in total. The summed E-state index contributed by atoms with van der Waals surface area (Å²) in [5.74, 6) is -0.504. The van der Waals surface area contributed by atoms with Crippen LogP contribution in [0.4, 0.5) is 0 Å². The Balaban J connectivity index is 1.63. The first-order chi connectivity index (χ1) is 11.2. The summed E-state index contributed by atoms with van der Waals surface area (Å²) in [6.07, 6.45) is 5.25. The van der Waals surface area contributed by atoms with Crippen LogP contribution >= 0.6 is 0 Å². The highest BCUT2D eigenvalue weighted by Gasteiger charge is 2.12. The average Bonchev–Trinajstić information content (AvgIpc) is 3.10. The van der Waals surface area contributed by atoms with Gasteiger partial charge in [0.15, 0.2) is 0 Å². The standard InChI is InChI=1S/C18H16N2O3/c1-14-11-16(20-10-9-19-13-20)7-8-17(14)18(21)23-22-12-15-5-3-2-4-6-15/h2-11,13H,12H2,1H3. The first-order valence-corrected chi connectivity index (χ1v) is 7.21. The number of aromatic nitrogens is 2. The van der Waals surface area contributed by atoms with Gasteiger partial charge >= 0.3 is 5.97 Å². The summed E-state index contributed by atoms with van der Waals surface area (Å²) in [7, 11) is 0. The van der Waals surface area contributed by atoms with E-state index in [4.69, 9.17) is 9.78 Å². The highest BCUT2D eigenvalue weighted by atomic mass is 17.2. The molecule has 1 aromatic heterocycles. The number of rotatable bonds is 5. The fourth-order valence-corrected chi connectivity index (χ4v) is 2.22. The van der Waals surface area contributed by atoms with E-state index in [-0.39, 0.29) is 6.61 Å². The van der Waals surface area contributed by atoms with Crippen molar-refractivity contribution in [2.45, 2.75) is 13.5 Å². The van der Waals surface area contributed by atoms with E-state index in [1.165, 1.54) is 0 Å². The minimum atomic E-state index is -0.504. The first kappa shape index (κ1) is 15.0. The molecule has 0 unspecified atom stereocenters. The van der Waals surface area contributed by atoms with Gasteiger partial charge in [-0.2, -0.15) is 4.89 Å². The Hall–Kier alpha value is -2.92. The van der Waals surface area contributed by atoms with Crippen LogP contribution in [0, 0.1) is 6.92 Å². The van der Waals surface area contributed by atoms with Crippen molar-refractivity contribution in [1.82, 2.24) is 9.55 Å². The predicted octanol–water partition coefficient (Wildman–Crippen LogP) is 3.47. The highest BCUT2D eigenvalue weighted by molar-refractivity contribution is 5.90. The molecule has 3 aromatic rings. The maximum atomic E-state index is 12.1. The van der Waals surface area contributed by atoms with Gasteiger partial charge in [0.2, 0.25) is 0 Å². The lowest BCUT2D eigenvalue weighted by molar-refractivity contribution is -0.250. The molecule has 2 aromatic carbocycles. The van der Waals surface area contributed by atoms with Gasteiger partial charge in [0.05, 0.1) is 11.9 Å². The molecule has 0 aliphatic carbocycles. The second-order valence-electron chi connectivity index (χ2n) is 5.09. The lowest BCUT2D eigenvalue weighted by Crippen LogP contribution is -2.08. The number of imidazole rings is 1. The summed E-state index contributed by atoms with van der Waals surface area (Å²) in [5, 5.41) is 0. The molecule has 0 saturated carbocycles. The van der Waals surface area contributed by atoms with Crippen molar-refractivity contribution < 1.29 is 14.6 Å². The lowest BCUT2D eigenvalue weighted by atomic mass is 10.1. The largest absolute Gasteiger partial charge is 0.373 e. The van der Waals surface area contributed by atoms with Crippen molar-refractivity contribution in [3.8, 4) is 5.69 Å². The zero-order chi connectivity index (χ0) is 16.1. The quantitative estimate of drug-likeness (QED) is 0.535. The van der Waals surface area contributed by atoms with Crippen LogP contribution < -0.4 is 0 Å². The molecule has 0 bridgehead atoms. The number of hydrogen-bond donors (Lipinski definition) is 0. The number of aryl methyl sites for hydroxylation is 1. The number of benzene rings is 2. The molecule has 0 aliphatic heterocycles. The second kappa shape index (κ2) is 6.89. The molecule has 0 amide bonds. The van der Waals surface area contributed by atoms with Crippen molar-refractivity contribution >= 4 is 5.97 Å². The van der Waals surface area contributed by atoms with Crippen molar-refractivity contribution in [3.05, 3.63) is 83.9 Å². The Morgan fingerprint density at radius 2 is 2.00 bits per heavy atom. The monoisotopic (exact) mass is 308 g/mol. The summed E-state index contributed by atoms with van der Waals surface area (Å²) < 4.78 is 1.87. The molecule has 0 radical (unpaired) electrons. The fraction of sp³-hybridized carbons (Fsp3) is 0.111. The minimum absolute atomic E-state index is 0.221. The zero-order valence-corrected chi connectivity index (χ0v) is 12.7. The maximum Gasteiger partial charge on any atom is 0.373 e. The van der Waals surface area contributed by atoms with E-state index < -0.39 is 5.97 Å². The van der Waals surface area contributed by atoms with Crippen LogP contribution in [-0.2, 0) is 16.4 Å². The Morgan fingerprint density at radius 1 is 1.17 bits per heavy atom. The van der Waals surface area contributed by atoms with Crippen LogP contribution in [0.2, 0.25) is 0 Å². The van der Waals surface area contributed by atoms with Gasteiger partial charge in [-0.25, -0.2) is 9.78 Å². The molecule has 5 heteroatoms. The van der Waals surface area contributed by atoms with E-state index in [9.17, 15) is 4.79 Å². The molecule has 116 valence electrons. The third-order valence-electron chi connectivity index (χ3n) is 3.44. The molecule has 0 N–H and O–H groups in total. The minimum Gasteiger partial charge on any atom is -0.306 e. The summed E-state index contributed by atoms with van der Waals surface area (Å²) in [5.41, 5.74) is 3.15. The Kier molecular flexibility index (Phi) is 4.49. The molecule has 23 heavy (non-hydrogen) atoms. The molecular formula is C18H16N2O3. The van der Waals surface area contributed by atoms with Crippen molar-refractivity contribution in [3.63, 3.8) is 0 Å². The molecule has 0 fully saturated rings. The van der Waals surface area contributed by atoms with Gasteiger partial charge in [0, 0.05) is 18.1 Å². The maximum absolute atomic E-state index is 12.1.